The van der Waals surface area contributed by atoms with E-state index in [4.69, 9.17) is 5.11 Å². The molecule has 0 atom stereocenters. The molecule has 0 fully saturated rings. The third kappa shape index (κ3) is 4.56. The van der Waals surface area contributed by atoms with Crippen molar-refractivity contribution in [2.24, 2.45) is 4.99 Å². The molecule has 2 nitrogen and oxygen atoms in total. The number of allylic oxidation sites excluding steroid dienone is 1. The zero-order valence-electron chi connectivity index (χ0n) is 9.06. The van der Waals surface area contributed by atoms with Crippen LogP contribution in [-0.4, -0.2) is 24.5 Å². The molecule has 0 saturated carbocycles. The summed E-state index contributed by atoms with van der Waals surface area (Å²) < 4.78 is 0. The van der Waals surface area contributed by atoms with Gasteiger partial charge in [-0.05, 0) is 24.5 Å². The lowest BCUT2D eigenvalue weighted by molar-refractivity contribution is 0.337. The molecule has 0 bridgehead atoms. The van der Waals surface area contributed by atoms with Gasteiger partial charge < -0.3 is 5.11 Å². The predicted molar refractivity (Wildman–Crippen MR) is 64.3 cm³/mol. The topological polar surface area (TPSA) is 32.6 Å². The Morgan fingerprint density at radius 1 is 1.33 bits per heavy atom. The van der Waals surface area contributed by atoms with E-state index in [0.29, 0.717) is 0 Å². The fraction of sp³-hybridized carbons (Fsp3) is 0.308. The molecule has 1 aromatic rings. The van der Waals surface area contributed by atoms with Crippen LogP contribution in [-0.2, 0) is 6.42 Å². The summed E-state index contributed by atoms with van der Waals surface area (Å²) in [4.78, 5) is 4.26. The molecular formula is C13H17NO. The van der Waals surface area contributed by atoms with Crippen LogP contribution in [0.1, 0.15) is 12.5 Å². The van der Waals surface area contributed by atoms with E-state index in [1.807, 2.05) is 31.2 Å². The van der Waals surface area contributed by atoms with Crippen molar-refractivity contribution in [3.05, 3.63) is 47.5 Å². The molecule has 0 aliphatic heterocycles. The predicted octanol–water partition coefficient (Wildman–Crippen LogP) is 2.24. The summed E-state index contributed by atoms with van der Waals surface area (Å²) in [6.07, 6.45) is 4.55. The van der Waals surface area contributed by atoms with Gasteiger partial charge in [0.25, 0.3) is 0 Å². The molecule has 0 aromatic heterocycles. The van der Waals surface area contributed by atoms with Crippen LogP contribution in [0.2, 0.25) is 0 Å². The quantitative estimate of drug-likeness (QED) is 0.731. The van der Waals surface area contributed by atoms with Gasteiger partial charge in [0.15, 0.2) is 0 Å². The number of hydrogen-bond donors (Lipinski definition) is 1. The van der Waals surface area contributed by atoms with E-state index in [2.05, 4.69) is 17.1 Å². The van der Waals surface area contributed by atoms with Crippen molar-refractivity contribution in [3.8, 4) is 0 Å². The Kier molecular flexibility index (Phi) is 5.41. The minimum absolute atomic E-state index is 0.0609. The van der Waals surface area contributed by atoms with Crippen molar-refractivity contribution >= 4 is 6.21 Å². The van der Waals surface area contributed by atoms with Gasteiger partial charge in [-0.15, -0.1) is 0 Å². The Labute approximate surface area is 91.0 Å². The van der Waals surface area contributed by atoms with Gasteiger partial charge in [-0.1, -0.05) is 36.4 Å². The second-order valence-electron chi connectivity index (χ2n) is 3.29. The molecule has 0 amide bonds. The summed E-state index contributed by atoms with van der Waals surface area (Å²) in [6.45, 7) is 2.72. The zero-order chi connectivity index (χ0) is 10.9. The van der Waals surface area contributed by atoms with Crippen molar-refractivity contribution in [2.75, 3.05) is 13.2 Å². The van der Waals surface area contributed by atoms with Crippen molar-refractivity contribution in [3.63, 3.8) is 0 Å². The van der Waals surface area contributed by atoms with E-state index in [0.717, 1.165) is 18.5 Å². The lowest BCUT2D eigenvalue weighted by Gasteiger charge is -1.97. The Morgan fingerprint density at radius 2 is 2.07 bits per heavy atom. The normalized spacial score (nSPS) is 12.3. The van der Waals surface area contributed by atoms with Crippen LogP contribution in [0.3, 0.4) is 0 Å². The van der Waals surface area contributed by atoms with Gasteiger partial charge in [-0.25, -0.2) is 0 Å². The highest BCUT2D eigenvalue weighted by atomic mass is 16.3. The van der Waals surface area contributed by atoms with Crippen molar-refractivity contribution in [2.45, 2.75) is 13.3 Å². The molecule has 0 aliphatic rings. The Morgan fingerprint density at radius 3 is 2.67 bits per heavy atom. The van der Waals surface area contributed by atoms with Crippen LogP contribution in [0, 0.1) is 0 Å². The van der Waals surface area contributed by atoms with Crippen molar-refractivity contribution in [1.29, 1.82) is 0 Å². The first kappa shape index (κ1) is 11.7. The monoisotopic (exact) mass is 203 g/mol. The van der Waals surface area contributed by atoms with Crippen LogP contribution >= 0.6 is 0 Å². The fourth-order valence-electron chi connectivity index (χ4n) is 1.23. The van der Waals surface area contributed by atoms with Crippen LogP contribution in [0.4, 0.5) is 0 Å². The maximum absolute atomic E-state index is 8.88. The fourth-order valence-corrected chi connectivity index (χ4v) is 1.23. The van der Waals surface area contributed by atoms with Crippen molar-refractivity contribution < 1.29 is 5.11 Å². The molecule has 80 valence electrons. The van der Waals surface area contributed by atoms with Crippen LogP contribution < -0.4 is 0 Å². The van der Waals surface area contributed by atoms with E-state index in [1.54, 1.807) is 6.21 Å². The Balaban J connectivity index is 2.33. The molecule has 0 radical (unpaired) electrons. The third-order valence-electron chi connectivity index (χ3n) is 2.18. The summed E-state index contributed by atoms with van der Waals surface area (Å²) in [5.74, 6) is 0. The summed E-state index contributed by atoms with van der Waals surface area (Å²) in [6, 6.07) is 10.3. The number of benzene rings is 1. The SMILES string of the molecule is C/C=C(\C=NCCc1ccccc1)CO. The van der Waals surface area contributed by atoms with Gasteiger partial charge in [-0.3, -0.25) is 4.99 Å². The van der Waals surface area contributed by atoms with E-state index in [1.165, 1.54) is 5.56 Å². The summed E-state index contributed by atoms with van der Waals surface area (Å²) in [5.41, 5.74) is 2.16. The molecule has 0 aliphatic carbocycles. The molecule has 0 unspecified atom stereocenters. The molecule has 1 N–H and O–H groups in total. The van der Waals surface area contributed by atoms with Gasteiger partial charge in [0.1, 0.15) is 0 Å². The minimum Gasteiger partial charge on any atom is -0.392 e. The molecule has 0 saturated heterocycles. The number of aliphatic hydroxyl groups is 1. The maximum Gasteiger partial charge on any atom is 0.0693 e. The lowest BCUT2D eigenvalue weighted by Crippen LogP contribution is -1.94. The summed E-state index contributed by atoms with van der Waals surface area (Å²) in [7, 11) is 0. The first-order valence-corrected chi connectivity index (χ1v) is 5.16. The average molecular weight is 203 g/mol. The minimum atomic E-state index is 0.0609. The highest BCUT2D eigenvalue weighted by molar-refractivity contribution is 5.78. The first-order valence-electron chi connectivity index (χ1n) is 5.16. The molecule has 0 heterocycles. The molecule has 1 rings (SSSR count). The van der Waals surface area contributed by atoms with Gasteiger partial charge in [0.05, 0.1) is 6.61 Å². The van der Waals surface area contributed by atoms with E-state index >= 15 is 0 Å². The summed E-state index contributed by atoms with van der Waals surface area (Å²) in [5, 5.41) is 8.88. The molecule has 1 aromatic carbocycles. The van der Waals surface area contributed by atoms with Crippen LogP contribution in [0.5, 0.6) is 0 Å². The van der Waals surface area contributed by atoms with E-state index < -0.39 is 0 Å². The number of aliphatic imine (C=N–C) groups is 1. The van der Waals surface area contributed by atoms with Crippen LogP contribution in [0.15, 0.2) is 47.0 Å². The zero-order valence-corrected chi connectivity index (χ0v) is 9.06. The van der Waals surface area contributed by atoms with E-state index in [-0.39, 0.29) is 6.61 Å². The van der Waals surface area contributed by atoms with Gasteiger partial charge in [0, 0.05) is 12.8 Å². The Bertz CT molecular complexity index is 328. The second-order valence-corrected chi connectivity index (χ2v) is 3.29. The first-order chi connectivity index (χ1) is 7.36. The van der Waals surface area contributed by atoms with Gasteiger partial charge >= 0.3 is 0 Å². The average Bonchev–Trinajstić information content (AvgIpc) is 2.31. The van der Waals surface area contributed by atoms with E-state index in [9.17, 15) is 0 Å². The standard InChI is InChI=1S/C13H17NO/c1-2-12(11-15)10-14-9-8-13-6-4-3-5-7-13/h2-7,10,15H,8-9,11H2,1H3/b12-2+,14-10?. The summed E-state index contributed by atoms with van der Waals surface area (Å²) >= 11 is 0. The molecule has 15 heavy (non-hydrogen) atoms. The molecular weight excluding hydrogens is 186 g/mol. The smallest absolute Gasteiger partial charge is 0.0693 e. The number of hydrogen-bond acceptors (Lipinski definition) is 2. The second kappa shape index (κ2) is 6.96. The lowest BCUT2D eigenvalue weighted by atomic mass is 10.1. The van der Waals surface area contributed by atoms with Crippen molar-refractivity contribution in [1.82, 2.24) is 0 Å². The maximum atomic E-state index is 8.88. The number of rotatable bonds is 5. The number of nitrogens with zero attached hydrogens (tertiary/aromatic N) is 1. The van der Waals surface area contributed by atoms with Gasteiger partial charge in [0.2, 0.25) is 0 Å². The van der Waals surface area contributed by atoms with Crippen LogP contribution in [0.25, 0.3) is 0 Å². The number of aliphatic hydroxyl groups excluding tert-OH is 1. The Hall–Kier alpha value is -1.41. The highest BCUT2D eigenvalue weighted by Crippen LogP contribution is 1.99. The van der Waals surface area contributed by atoms with Gasteiger partial charge in [-0.2, -0.15) is 0 Å². The highest BCUT2D eigenvalue weighted by Gasteiger charge is 1.90. The molecule has 0 spiro atoms. The largest absolute Gasteiger partial charge is 0.392 e. The molecule has 2 heteroatoms. The third-order valence-corrected chi connectivity index (χ3v) is 2.18.